The number of hydrogen-bond acceptors (Lipinski definition) is 5. The van der Waals surface area contributed by atoms with Gasteiger partial charge in [0.15, 0.2) is 0 Å². The second kappa shape index (κ2) is 6.53. The second-order valence-corrected chi connectivity index (χ2v) is 6.18. The number of anilines is 1. The van der Waals surface area contributed by atoms with Gasteiger partial charge in [-0.3, -0.25) is 9.97 Å². The predicted octanol–water partition coefficient (Wildman–Crippen LogP) is 3.48. The highest BCUT2D eigenvalue weighted by Gasteiger charge is 2.30. The van der Waals surface area contributed by atoms with E-state index in [2.05, 4.69) is 25.6 Å². The first-order valence-electron chi connectivity index (χ1n) is 8.27. The molecular formula is C18H16F3N5. The molecule has 5 nitrogen and oxygen atoms in total. The van der Waals surface area contributed by atoms with Crippen molar-refractivity contribution in [2.75, 3.05) is 18.4 Å². The van der Waals surface area contributed by atoms with Gasteiger partial charge in [0.1, 0.15) is 5.82 Å². The summed E-state index contributed by atoms with van der Waals surface area (Å²) in [5.41, 5.74) is 0.884. The van der Waals surface area contributed by atoms with E-state index in [4.69, 9.17) is 0 Å². The van der Waals surface area contributed by atoms with Gasteiger partial charge < -0.3 is 10.6 Å². The number of pyridine rings is 3. The maximum Gasteiger partial charge on any atom is 0.417 e. The van der Waals surface area contributed by atoms with E-state index in [1.165, 1.54) is 6.07 Å². The Morgan fingerprint density at radius 3 is 2.65 bits per heavy atom. The Bertz CT molecular complexity index is 918. The Morgan fingerprint density at radius 1 is 1.08 bits per heavy atom. The van der Waals surface area contributed by atoms with E-state index in [-0.39, 0.29) is 0 Å². The molecule has 1 saturated heterocycles. The van der Waals surface area contributed by atoms with Crippen LogP contribution in [0.3, 0.4) is 0 Å². The van der Waals surface area contributed by atoms with E-state index in [1.807, 2.05) is 12.1 Å². The minimum absolute atomic E-state index is 0.293. The van der Waals surface area contributed by atoms with Crippen molar-refractivity contribution in [1.82, 2.24) is 20.3 Å². The number of nitrogens with zero attached hydrogens (tertiary/aromatic N) is 3. The van der Waals surface area contributed by atoms with Crippen LogP contribution in [-0.2, 0) is 6.18 Å². The molecule has 8 heteroatoms. The molecule has 1 aliphatic heterocycles. The van der Waals surface area contributed by atoms with Crippen molar-refractivity contribution in [2.45, 2.75) is 18.6 Å². The highest BCUT2D eigenvalue weighted by molar-refractivity contribution is 5.98. The smallest absolute Gasteiger partial charge is 0.365 e. The number of nitrogens with one attached hydrogen (secondary N) is 2. The number of aromatic nitrogens is 3. The molecule has 0 bridgehead atoms. The first-order valence-corrected chi connectivity index (χ1v) is 8.27. The van der Waals surface area contributed by atoms with Crippen LogP contribution >= 0.6 is 0 Å². The van der Waals surface area contributed by atoms with E-state index in [0.717, 1.165) is 43.0 Å². The van der Waals surface area contributed by atoms with Crippen LogP contribution in [0, 0.1) is 0 Å². The molecular weight excluding hydrogens is 343 g/mol. The third-order valence-corrected chi connectivity index (χ3v) is 4.41. The molecule has 0 saturated carbocycles. The van der Waals surface area contributed by atoms with Gasteiger partial charge in [-0.05, 0) is 37.2 Å². The van der Waals surface area contributed by atoms with Crippen LogP contribution in [0.4, 0.5) is 19.0 Å². The summed E-state index contributed by atoms with van der Waals surface area (Å²) in [5, 5.41) is 7.51. The molecule has 0 aliphatic carbocycles. The molecule has 0 radical (unpaired) electrons. The molecule has 1 aliphatic rings. The zero-order valence-corrected chi connectivity index (χ0v) is 13.7. The number of halogens is 3. The summed E-state index contributed by atoms with van der Waals surface area (Å²) in [6.07, 6.45) is 0.686. The summed E-state index contributed by atoms with van der Waals surface area (Å²) in [7, 11) is 0. The van der Waals surface area contributed by atoms with Crippen molar-refractivity contribution < 1.29 is 13.2 Å². The number of rotatable bonds is 3. The normalized spacial score (nSPS) is 17.6. The highest BCUT2D eigenvalue weighted by atomic mass is 19.4. The summed E-state index contributed by atoms with van der Waals surface area (Å²) in [4.78, 5) is 12.9. The molecule has 4 heterocycles. The molecule has 4 rings (SSSR count). The maximum atomic E-state index is 12.7. The highest BCUT2D eigenvalue weighted by Crippen LogP contribution is 2.32. The Hall–Kier alpha value is -2.74. The molecule has 0 aromatic carbocycles. The van der Waals surface area contributed by atoms with Gasteiger partial charge in [-0.1, -0.05) is 0 Å². The van der Waals surface area contributed by atoms with Gasteiger partial charge in [0, 0.05) is 42.1 Å². The first kappa shape index (κ1) is 16.7. The average Bonchev–Trinajstić information content (AvgIpc) is 3.15. The van der Waals surface area contributed by atoms with E-state index in [1.54, 1.807) is 12.4 Å². The van der Waals surface area contributed by atoms with Gasteiger partial charge >= 0.3 is 6.18 Å². The molecule has 1 unspecified atom stereocenters. The zero-order chi connectivity index (χ0) is 18.1. The molecule has 1 fully saturated rings. The van der Waals surface area contributed by atoms with Gasteiger partial charge in [0.25, 0.3) is 0 Å². The van der Waals surface area contributed by atoms with Crippen molar-refractivity contribution in [3.8, 4) is 11.3 Å². The lowest BCUT2D eigenvalue weighted by Gasteiger charge is -2.15. The van der Waals surface area contributed by atoms with Crippen molar-refractivity contribution in [2.24, 2.45) is 0 Å². The monoisotopic (exact) mass is 359 g/mol. The minimum atomic E-state index is -4.41. The number of hydrogen-bond donors (Lipinski definition) is 2. The molecule has 3 aromatic heterocycles. The Kier molecular flexibility index (Phi) is 4.20. The Morgan fingerprint density at radius 2 is 1.96 bits per heavy atom. The van der Waals surface area contributed by atoms with Crippen LogP contribution in [0.15, 0.2) is 42.9 Å². The Labute approximate surface area is 147 Å². The standard InChI is InChI=1S/C18H16F3N5/c19-18(20,21)11-3-4-15(24-8-11)14-10-25-17(26-12-5-7-22-9-12)13-2-1-6-23-16(13)14/h1-4,6,8,10,12,22H,5,7,9H2,(H,25,26). The predicted molar refractivity (Wildman–Crippen MR) is 92.7 cm³/mol. The van der Waals surface area contributed by atoms with Crippen LogP contribution in [0.1, 0.15) is 12.0 Å². The second-order valence-electron chi connectivity index (χ2n) is 6.18. The lowest BCUT2D eigenvalue weighted by molar-refractivity contribution is -0.137. The van der Waals surface area contributed by atoms with Gasteiger partial charge in [0.2, 0.25) is 0 Å². The number of fused-ring (bicyclic) bond motifs is 1. The van der Waals surface area contributed by atoms with E-state index < -0.39 is 11.7 Å². The SMILES string of the molecule is FC(F)(F)c1ccc(-c2cnc(NC3CCNC3)c3cccnc23)nc1. The zero-order valence-electron chi connectivity index (χ0n) is 13.7. The van der Waals surface area contributed by atoms with Gasteiger partial charge in [-0.15, -0.1) is 0 Å². The Balaban J connectivity index is 1.74. The molecule has 2 N–H and O–H groups in total. The lowest BCUT2D eigenvalue weighted by Crippen LogP contribution is -2.22. The third kappa shape index (κ3) is 3.20. The largest absolute Gasteiger partial charge is 0.417 e. The molecule has 3 aromatic rings. The van der Waals surface area contributed by atoms with E-state index in [9.17, 15) is 13.2 Å². The fraction of sp³-hybridized carbons (Fsp3) is 0.278. The maximum absolute atomic E-state index is 12.7. The molecule has 1 atom stereocenters. The summed E-state index contributed by atoms with van der Waals surface area (Å²) in [6, 6.07) is 6.37. The van der Waals surface area contributed by atoms with Crippen LogP contribution in [-0.4, -0.2) is 34.1 Å². The summed E-state index contributed by atoms with van der Waals surface area (Å²) < 4.78 is 38.2. The molecule has 0 amide bonds. The summed E-state index contributed by atoms with van der Waals surface area (Å²) in [6.45, 7) is 1.83. The van der Waals surface area contributed by atoms with Gasteiger partial charge in [-0.2, -0.15) is 13.2 Å². The quantitative estimate of drug-likeness (QED) is 0.750. The third-order valence-electron chi connectivity index (χ3n) is 4.41. The van der Waals surface area contributed by atoms with Crippen LogP contribution in [0.2, 0.25) is 0 Å². The molecule has 26 heavy (non-hydrogen) atoms. The summed E-state index contributed by atoms with van der Waals surface area (Å²) in [5.74, 6) is 0.720. The lowest BCUT2D eigenvalue weighted by atomic mass is 10.1. The van der Waals surface area contributed by atoms with Gasteiger partial charge in [-0.25, -0.2) is 4.98 Å². The van der Waals surface area contributed by atoms with Crippen molar-refractivity contribution in [3.05, 3.63) is 48.4 Å². The van der Waals surface area contributed by atoms with E-state index in [0.29, 0.717) is 22.8 Å². The van der Waals surface area contributed by atoms with Crippen LogP contribution in [0.5, 0.6) is 0 Å². The molecule has 0 spiro atoms. The van der Waals surface area contributed by atoms with Gasteiger partial charge in [0.05, 0.1) is 16.8 Å². The number of alkyl halides is 3. The molecule has 134 valence electrons. The first-order chi connectivity index (χ1) is 12.5. The minimum Gasteiger partial charge on any atom is -0.365 e. The fourth-order valence-corrected chi connectivity index (χ4v) is 3.07. The van der Waals surface area contributed by atoms with E-state index >= 15 is 0 Å². The topological polar surface area (TPSA) is 62.7 Å². The average molecular weight is 359 g/mol. The van der Waals surface area contributed by atoms with Crippen molar-refractivity contribution >= 4 is 16.7 Å². The fourth-order valence-electron chi connectivity index (χ4n) is 3.07. The van der Waals surface area contributed by atoms with Crippen LogP contribution in [0.25, 0.3) is 22.2 Å². The van der Waals surface area contributed by atoms with Crippen molar-refractivity contribution in [3.63, 3.8) is 0 Å². The van der Waals surface area contributed by atoms with Crippen LogP contribution < -0.4 is 10.6 Å². The van der Waals surface area contributed by atoms with Crippen molar-refractivity contribution in [1.29, 1.82) is 0 Å². The summed E-state index contributed by atoms with van der Waals surface area (Å²) >= 11 is 0.